The number of carbonyl (C=O) groups is 1. The number of amides is 1. The van der Waals surface area contributed by atoms with Crippen LogP contribution in [0, 0.1) is 0 Å². The van der Waals surface area contributed by atoms with Gasteiger partial charge in [-0.3, -0.25) is 9.48 Å². The first-order chi connectivity index (χ1) is 8.88. The second-order valence-corrected chi connectivity index (χ2v) is 3.72. The molecule has 2 heterocycles. The van der Waals surface area contributed by atoms with Crippen LogP contribution in [0.1, 0.15) is 16.1 Å². The lowest BCUT2D eigenvalue weighted by atomic mass is 10.2. The molecule has 0 saturated heterocycles. The molecule has 5 nitrogen and oxygen atoms in total. The number of alkyl halides is 3. The molecule has 1 amide bonds. The highest BCUT2D eigenvalue weighted by molar-refractivity contribution is 6.02. The van der Waals surface area contributed by atoms with Gasteiger partial charge >= 0.3 is 6.18 Å². The van der Waals surface area contributed by atoms with Gasteiger partial charge in [0.15, 0.2) is 0 Å². The van der Waals surface area contributed by atoms with Gasteiger partial charge in [0, 0.05) is 19.4 Å². The van der Waals surface area contributed by atoms with E-state index in [1.165, 1.54) is 16.9 Å². The number of rotatable bonds is 2. The van der Waals surface area contributed by atoms with Gasteiger partial charge in [-0.2, -0.15) is 18.3 Å². The molecular formula is C11H9F3N4O. The van der Waals surface area contributed by atoms with Gasteiger partial charge in [0.05, 0.1) is 5.56 Å². The molecule has 19 heavy (non-hydrogen) atoms. The molecule has 8 heteroatoms. The average molecular weight is 270 g/mol. The van der Waals surface area contributed by atoms with E-state index in [1.807, 2.05) is 0 Å². The predicted octanol–water partition coefficient (Wildman–Crippen LogP) is 2.09. The van der Waals surface area contributed by atoms with E-state index >= 15 is 0 Å². The smallest absolute Gasteiger partial charge is 0.305 e. The topological polar surface area (TPSA) is 59.8 Å². The van der Waals surface area contributed by atoms with Crippen molar-refractivity contribution in [3.63, 3.8) is 0 Å². The van der Waals surface area contributed by atoms with Crippen molar-refractivity contribution in [2.24, 2.45) is 7.05 Å². The zero-order chi connectivity index (χ0) is 14.0. The van der Waals surface area contributed by atoms with Gasteiger partial charge in [0.25, 0.3) is 5.91 Å². The molecule has 0 aliphatic rings. The largest absolute Gasteiger partial charge is 0.416 e. The minimum Gasteiger partial charge on any atom is -0.305 e. The van der Waals surface area contributed by atoms with Crippen molar-refractivity contribution in [2.75, 3.05) is 5.32 Å². The Balaban J connectivity index is 2.21. The highest BCUT2D eigenvalue weighted by atomic mass is 19.4. The molecular weight excluding hydrogens is 261 g/mol. The van der Waals surface area contributed by atoms with E-state index in [2.05, 4.69) is 15.4 Å². The number of carbonyl (C=O) groups excluding carboxylic acids is 1. The molecule has 1 N–H and O–H groups in total. The highest BCUT2D eigenvalue weighted by Gasteiger charge is 2.30. The van der Waals surface area contributed by atoms with Crippen LogP contribution < -0.4 is 5.32 Å². The monoisotopic (exact) mass is 270 g/mol. The number of hydrogen-bond acceptors (Lipinski definition) is 3. The lowest BCUT2D eigenvalue weighted by Gasteiger charge is -2.09. The van der Waals surface area contributed by atoms with Crippen molar-refractivity contribution < 1.29 is 18.0 Å². The molecule has 0 atom stereocenters. The summed E-state index contributed by atoms with van der Waals surface area (Å²) in [4.78, 5) is 15.4. The quantitative estimate of drug-likeness (QED) is 0.909. The summed E-state index contributed by atoms with van der Waals surface area (Å²) in [6, 6.07) is 3.05. The number of nitrogens with one attached hydrogen (secondary N) is 1. The lowest BCUT2D eigenvalue weighted by molar-refractivity contribution is -0.137. The Morgan fingerprint density at radius 1 is 1.32 bits per heavy atom. The van der Waals surface area contributed by atoms with Crippen molar-refractivity contribution in [1.82, 2.24) is 14.8 Å². The zero-order valence-corrected chi connectivity index (χ0v) is 9.77. The van der Waals surface area contributed by atoms with Crippen molar-refractivity contribution in [3.05, 3.63) is 41.9 Å². The maximum atomic E-state index is 12.5. The minimum atomic E-state index is -4.48. The first kappa shape index (κ1) is 13.1. The Bertz CT molecular complexity index is 606. The van der Waals surface area contributed by atoms with E-state index < -0.39 is 17.6 Å². The Morgan fingerprint density at radius 3 is 2.63 bits per heavy atom. The van der Waals surface area contributed by atoms with Crippen LogP contribution in [0.25, 0.3) is 0 Å². The van der Waals surface area contributed by atoms with Gasteiger partial charge in [-0.05, 0) is 18.2 Å². The number of aromatic nitrogens is 3. The van der Waals surface area contributed by atoms with Gasteiger partial charge in [0.1, 0.15) is 11.5 Å². The maximum absolute atomic E-state index is 12.5. The third-order valence-electron chi connectivity index (χ3n) is 2.38. The highest BCUT2D eigenvalue weighted by Crippen LogP contribution is 2.29. The zero-order valence-electron chi connectivity index (χ0n) is 9.77. The van der Waals surface area contributed by atoms with Crippen LogP contribution in [0.4, 0.5) is 19.0 Å². The summed E-state index contributed by atoms with van der Waals surface area (Å²) in [5.74, 6) is -0.743. The molecule has 0 radical (unpaired) electrons. The third kappa shape index (κ3) is 2.90. The Labute approximate surface area is 106 Å². The van der Waals surface area contributed by atoms with Crippen molar-refractivity contribution >= 4 is 11.7 Å². The molecule has 0 bridgehead atoms. The van der Waals surface area contributed by atoms with Gasteiger partial charge in [0.2, 0.25) is 0 Å². The van der Waals surface area contributed by atoms with E-state index in [0.29, 0.717) is 0 Å². The Kier molecular flexibility index (Phi) is 3.24. The fourth-order valence-electron chi connectivity index (χ4n) is 1.45. The standard InChI is InChI=1S/C11H9F3N4O/c1-18-8(3-5-16-18)10(19)17-9-6-7(2-4-15-9)11(12,13)14/h2-6H,1H3,(H,15,17,19). The average Bonchev–Trinajstić information content (AvgIpc) is 2.75. The third-order valence-corrected chi connectivity index (χ3v) is 2.38. The summed E-state index contributed by atoms with van der Waals surface area (Å²) >= 11 is 0. The summed E-state index contributed by atoms with van der Waals surface area (Å²) in [6.07, 6.45) is -2.08. The van der Waals surface area contributed by atoms with Crippen molar-refractivity contribution in [1.29, 1.82) is 0 Å². The molecule has 100 valence electrons. The normalized spacial score (nSPS) is 11.4. The van der Waals surface area contributed by atoms with Crippen molar-refractivity contribution in [3.8, 4) is 0 Å². The number of halogens is 3. The van der Waals surface area contributed by atoms with E-state index in [4.69, 9.17) is 0 Å². The molecule has 0 aromatic carbocycles. The van der Waals surface area contributed by atoms with E-state index in [0.717, 1.165) is 18.3 Å². The van der Waals surface area contributed by atoms with Crippen LogP contribution in [0.5, 0.6) is 0 Å². The van der Waals surface area contributed by atoms with Crippen LogP contribution in [0.2, 0.25) is 0 Å². The molecule has 0 aliphatic carbocycles. The van der Waals surface area contributed by atoms with Crippen LogP contribution >= 0.6 is 0 Å². The molecule has 0 unspecified atom stereocenters. The molecule has 0 aliphatic heterocycles. The molecule has 2 aromatic rings. The van der Waals surface area contributed by atoms with Crippen LogP contribution in [-0.4, -0.2) is 20.7 Å². The molecule has 2 rings (SSSR count). The maximum Gasteiger partial charge on any atom is 0.416 e. The number of aryl methyl sites for hydroxylation is 1. The van der Waals surface area contributed by atoms with Gasteiger partial charge in [-0.25, -0.2) is 4.98 Å². The predicted molar refractivity (Wildman–Crippen MR) is 60.4 cm³/mol. The number of hydrogen-bond donors (Lipinski definition) is 1. The Morgan fingerprint density at radius 2 is 2.05 bits per heavy atom. The van der Waals surface area contributed by atoms with Crippen LogP contribution in [0.3, 0.4) is 0 Å². The molecule has 0 spiro atoms. The van der Waals surface area contributed by atoms with Gasteiger partial charge < -0.3 is 5.32 Å². The van der Waals surface area contributed by atoms with E-state index in [9.17, 15) is 18.0 Å². The molecule has 0 fully saturated rings. The fourth-order valence-corrected chi connectivity index (χ4v) is 1.45. The SMILES string of the molecule is Cn1nccc1C(=O)Nc1cc(C(F)(F)F)ccn1. The second kappa shape index (κ2) is 4.71. The first-order valence-corrected chi connectivity index (χ1v) is 5.20. The summed E-state index contributed by atoms with van der Waals surface area (Å²) in [7, 11) is 1.55. The minimum absolute atomic E-state index is 0.166. The summed E-state index contributed by atoms with van der Waals surface area (Å²) < 4.78 is 38.8. The fraction of sp³-hybridized carbons (Fsp3) is 0.182. The van der Waals surface area contributed by atoms with Crippen LogP contribution in [0.15, 0.2) is 30.6 Å². The second-order valence-electron chi connectivity index (χ2n) is 3.72. The molecule has 2 aromatic heterocycles. The number of nitrogens with zero attached hydrogens (tertiary/aromatic N) is 3. The van der Waals surface area contributed by atoms with Crippen LogP contribution in [-0.2, 0) is 13.2 Å². The number of anilines is 1. The van der Waals surface area contributed by atoms with Gasteiger partial charge in [-0.15, -0.1) is 0 Å². The summed E-state index contributed by atoms with van der Waals surface area (Å²) in [5, 5.41) is 6.08. The van der Waals surface area contributed by atoms with E-state index in [-0.39, 0.29) is 11.5 Å². The Hall–Kier alpha value is -2.38. The van der Waals surface area contributed by atoms with Gasteiger partial charge in [-0.1, -0.05) is 0 Å². The molecule has 0 saturated carbocycles. The lowest BCUT2D eigenvalue weighted by Crippen LogP contribution is -2.17. The summed E-state index contributed by atoms with van der Waals surface area (Å²) in [6.45, 7) is 0. The summed E-state index contributed by atoms with van der Waals surface area (Å²) in [5.41, 5.74) is -0.651. The van der Waals surface area contributed by atoms with E-state index in [1.54, 1.807) is 7.05 Å². The van der Waals surface area contributed by atoms with Crippen molar-refractivity contribution in [2.45, 2.75) is 6.18 Å². The number of pyridine rings is 1. The first-order valence-electron chi connectivity index (χ1n) is 5.20.